The van der Waals surface area contributed by atoms with Crippen LogP contribution in [0.1, 0.15) is 41.3 Å². The topological polar surface area (TPSA) is 112 Å². The average Bonchev–Trinajstić information content (AvgIpc) is 3.01. The molecule has 2 aromatic carbocycles. The largest absolute Gasteiger partial charge is 0.450 e. The second kappa shape index (κ2) is 9.78. The van der Waals surface area contributed by atoms with Crippen molar-refractivity contribution in [2.45, 2.75) is 38.6 Å². The Bertz CT molecular complexity index is 1130. The molecule has 1 aliphatic rings. The molecule has 10 heteroatoms. The molecule has 0 atom stereocenters. The maximum absolute atomic E-state index is 12.5. The van der Waals surface area contributed by atoms with E-state index in [4.69, 9.17) is 16.3 Å². The van der Waals surface area contributed by atoms with Gasteiger partial charge in [-0.05, 0) is 49.2 Å². The van der Waals surface area contributed by atoms with Crippen molar-refractivity contribution in [3.05, 3.63) is 74.8 Å². The number of aryl methyl sites for hydroxylation is 1. The second-order valence-corrected chi connectivity index (χ2v) is 7.93. The number of hydrogen-bond acceptors (Lipinski definition) is 6. The molecule has 9 nitrogen and oxygen atoms in total. The molecule has 0 bridgehead atoms. The fraction of sp³-hybridized carbons (Fsp3) is 0.318. The van der Waals surface area contributed by atoms with Gasteiger partial charge in [0.25, 0.3) is 5.91 Å². The van der Waals surface area contributed by atoms with Crippen LogP contribution in [0.25, 0.3) is 0 Å². The molecule has 1 aliphatic heterocycles. The molecule has 32 heavy (non-hydrogen) atoms. The van der Waals surface area contributed by atoms with Crippen molar-refractivity contribution in [3.8, 4) is 11.5 Å². The van der Waals surface area contributed by atoms with E-state index >= 15 is 0 Å². The van der Waals surface area contributed by atoms with E-state index in [0.717, 1.165) is 37.5 Å². The minimum absolute atomic E-state index is 0.0732. The Morgan fingerprint density at radius 1 is 1.16 bits per heavy atom. The third-order valence-corrected chi connectivity index (χ3v) is 5.52. The van der Waals surface area contributed by atoms with Gasteiger partial charge >= 0.3 is 5.69 Å². The Balaban J connectivity index is 1.34. The molecule has 0 saturated heterocycles. The fourth-order valence-electron chi connectivity index (χ4n) is 3.64. The van der Waals surface area contributed by atoms with Crippen molar-refractivity contribution < 1.29 is 14.5 Å². The maximum Gasteiger partial charge on any atom is 0.313 e. The highest BCUT2D eigenvalue weighted by molar-refractivity contribution is 6.30. The van der Waals surface area contributed by atoms with Crippen LogP contribution in [0.3, 0.4) is 0 Å². The molecule has 1 amide bonds. The van der Waals surface area contributed by atoms with Crippen molar-refractivity contribution in [3.63, 3.8) is 0 Å². The lowest BCUT2D eigenvalue weighted by Gasteiger charge is -2.09. The number of fused-ring (bicyclic) bond motifs is 1. The van der Waals surface area contributed by atoms with Crippen molar-refractivity contribution in [2.75, 3.05) is 6.54 Å². The van der Waals surface area contributed by atoms with Crippen LogP contribution >= 0.6 is 11.6 Å². The summed E-state index contributed by atoms with van der Waals surface area (Å²) in [6.07, 6.45) is 5.02. The van der Waals surface area contributed by atoms with Gasteiger partial charge in [0.15, 0.2) is 0 Å². The molecule has 0 unspecified atom stereocenters. The van der Waals surface area contributed by atoms with E-state index < -0.39 is 4.92 Å². The molecular formula is C22H22ClN5O4. The first-order chi connectivity index (χ1) is 15.5. The van der Waals surface area contributed by atoms with E-state index in [0.29, 0.717) is 24.3 Å². The normalized spacial score (nSPS) is 13.2. The molecule has 0 radical (unpaired) electrons. The number of hydrogen-bond donors (Lipinski definition) is 1. The van der Waals surface area contributed by atoms with E-state index in [9.17, 15) is 14.9 Å². The summed E-state index contributed by atoms with van der Waals surface area (Å²) in [5.41, 5.74) is 0.230. The van der Waals surface area contributed by atoms with Crippen molar-refractivity contribution in [2.24, 2.45) is 0 Å². The molecule has 0 fully saturated rings. The number of ether oxygens (including phenoxy) is 1. The third-order valence-electron chi connectivity index (χ3n) is 5.28. The molecule has 166 valence electrons. The summed E-state index contributed by atoms with van der Waals surface area (Å²) in [6, 6.07) is 10.6. The monoisotopic (exact) mass is 455 g/mol. The predicted octanol–water partition coefficient (Wildman–Crippen LogP) is 4.33. The SMILES string of the molecule is O=C(NCCc1nnc2n1CCCCC2)c1ccc(Oc2ccc(Cl)cc2[N+](=O)[O-])cc1. The summed E-state index contributed by atoms with van der Waals surface area (Å²) >= 11 is 5.82. The molecule has 4 rings (SSSR count). The quantitative estimate of drug-likeness (QED) is 0.419. The van der Waals surface area contributed by atoms with E-state index in [1.165, 1.54) is 24.6 Å². The first kappa shape index (κ1) is 21.8. The average molecular weight is 456 g/mol. The summed E-state index contributed by atoms with van der Waals surface area (Å²) in [7, 11) is 0. The summed E-state index contributed by atoms with van der Waals surface area (Å²) in [5.74, 6) is 2.16. The number of nitrogens with one attached hydrogen (secondary N) is 1. The van der Waals surface area contributed by atoms with Crippen LogP contribution in [-0.2, 0) is 19.4 Å². The highest BCUT2D eigenvalue weighted by atomic mass is 35.5. The van der Waals surface area contributed by atoms with Gasteiger partial charge in [0, 0.05) is 42.6 Å². The summed E-state index contributed by atoms with van der Waals surface area (Å²) in [6.45, 7) is 1.38. The Morgan fingerprint density at radius 2 is 1.97 bits per heavy atom. The number of aromatic nitrogens is 3. The first-order valence-corrected chi connectivity index (χ1v) is 10.8. The van der Waals surface area contributed by atoms with E-state index in [1.54, 1.807) is 24.3 Å². The zero-order valence-electron chi connectivity index (χ0n) is 17.3. The van der Waals surface area contributed by atoms with Crippen LogP contribution in [0.4, 0.5) is 5.69 Å². The Morgan fingerprint density at radius 3 is 2.75 bits per heavy atom. The zero-order valence-corrected chi connectivity index (χ0v) is 18.0. The highest BCUT2D eigenvalue weighted by Gasteiger charge is 2.17. The van der Waals surface area contributed by atoms with Gasteiger partial charge in [-0.15, -0.1) is 10.2 Å². The number of carbonyl (C=O) groups is 1. The minimum Gasteiger partial charge on any atom is -0.450 e. The number of benzene rings is 2. The molecule has 0 spiro atoms. The number of nitro groups is 1. The van der Waals surface area contributed by atoms with Gasteiger partial charge in [-0.2, -0.15) is 0 Å². The zero-order chi connectivity index (χ0) is 22.5. The molecule has 1 N–H and O–H groups in total. The van der Waals surface area contributed by atoms with Crippen molar-refractivity contribution >= 4 is 23.2 Å². The Hall–Kier alpha value is -3.46. The van der Waals surface area contributed by atoms with E-state index in [-0.39, 0.29) is 22.4 Å². The van der Waals surface area contributed by atoms with Crippen molar-refractivity contribution in [1.82, 2.24) is 20.1 Å². The third kappa shape index (κ3) is 5.05. The van der Waals surface area contributed by atoms with E-state index in [2.05, 4.69) is 20.1 Å². The van der Waals surface area contributed by atoms with Crippen LogP contribution in [0.15, 0.2) is 42.5 Å². The standard InChI is InChI=1S/C22H22ClN5O4/c23-16-7-10-19(18(14-16)28(30)31)32-17-8-5-15(6-9-17)22(29)24-12-11-21-26-25-20-4-2-1-3-13-27(20)21/h5-10,14H,1-4,11-13H2,(H,24,29). The van der Waals surface area contributed by atoms with Crippen molar-refractivity contribution in [1.29, 1.82) is 0 Å². The highest BCUT2D eigenvalue weighted by Crippen LogP contribution is 2.33. The number of halogens is 1. The van der Waals surface area contributed by atoms with Gasteiger partial charge in [-0.3, -0.25) is 14.9 Å². The molecular weight excluding hydrogens is 434 g/mol. The number of amides is 1. The summed E-state index contributed by atoms with van der Waals surface area (Å²) in [4.78, 5) is 23.1. The number of rotatable bonds is 7. The molecule has 2 heterocycles. The van der Waals surface area contributed by atoms with Crippen LogP contribution in [0.5, 0.6) is 11.5 Å². The van der Waals surface area contributed by atoms with E-state index in [1.807, 2.05) is 0 Å². The number of nitro benzene ring substituents is 1. The van der Waals surface area contributed by atoms with Gasteiger partial charge in [0.2, 0.25) is 5.75 Å². The Kier molecular flexibility index (Phi) is 6.65. The maximum atomic E-state index is 12.5. The molecule has 0 saturated carbocycles. The lowest BCUT2D eigenvalue weighted by atomic mass is 10.2. The number of carbonyl (C=O) groups excluding carboxylic acids is 1. The molecule has 3 aromatic rings. The van der Waals surface area contributed by atoms with Crippen LogP contribution in [0.2, 0.25) is 5.02 Å². The van der Waals surface area contributed by atoms with Gasteiger partial charge in [-0.1, -0.05) is 18.0 Å². The van der Waals surface area contributed by atoms with Crippen LogP contribution in [-0.4, -0.2) is 32.1 Å². The molecule has 0 aliphatic carbocycles. The molecule has 1 aromatic heterocycles. The fourth-order valence-corrected chi connectivity index (χ4v) is 3.81. The van der Waals surface area contributed by atoms with Gasteiger partial charge < -0.3 is 14.6 Å². The smallest absolute Gasteiger partial charge is 0.313 e. The van der Waals surface area contributed by atoms with Gasteiger partial charge in [-0.25, -0.2) is 0 Å². The lowest BCUT2D eigenvalue weighted by molar-refractivity contribution is -0.385. The lowest BCUT2D eigenvalue weighted by Crippen LogP contribution is -2.26. The van der Waals surface area contributed by atoms with Gasteiger partial charge in [0.1, 0.15) is 17.4 Å². The van der Waals surface area contributed by atoms with Gasteiger partial charge in [0.05, 0.1) is 4.92 Å². The minimum atomic E-state index is -0.558. The second-order valence-electron chi connectivity index (χ2n) is 7.50. The first-order valence-electron chi connectivity index (χ1n) is 10.4. The summed E-state index contributed by atoms with van der Waals surface area (Å²) in [5, 5.41) is 22.9. The van der Waals surface area contributed by atoms with Crippen LogP contribution < -0.4 is 10.1 Å². The van der Waals surface area contributed by atoms with Crippen LogP contribution in [0, 0.1) is 10.1 Å². The number of nitrogens with zero attached hydrogens (tertiary/aromatic N) is 4. The predicted molar refractivity (Wildman–Crippen MR) is 118 cm³/mol. The summed E-state index contributed by atoms with van der Waals surface area (Å²) < 4.78 is 7.77. The Labute approximate surface area is 189 Å².